The lowest BCUT2D eigenvalue weighted by molar-refractivity contribution is -0.150. The molecule has 1 saturated heterocycles. The Hall–Kier alpha value is -2.90. The normalized spacial score (nSPS) is 24.4. The van der Waals surface area contributed by atoms with Crippen LogP contribution in [0.1, 0.15) is 56.7 Å². The third-order valence-corrected chi connectivity index (χ3v) is 6.22. The van der Waals surface area contributed by atoms with E-state index < -0.39 is 42.5 Å². The molecule has 1 aliphatic carbocycles. The van der Waals surface area contributed by atoms with Crippen LogP contribution in [0.5, 0.6) is 0 Å². The van der Waals surface area contributed by atoms with E-state index in [0.29, 0.717) is 18.5 Å². The Morgan fingerprint density at radius 3 is 2.38 bits per heavy atom. The highest BCUT2D eigenvalue weighted by molar-refractivity contribution is 6.09. The van der Waals surface area contributed by atoms with Gasteiger partial charge >= 0.3 is 12.0 Å². The van der Waals surface area contributed by atoms with Crippen molar-refractivity contribution >= 4 is 29.5 Å². The number of aryl methyl sites for hydroxylation is 3. The van der Waals surface area contributed by atoms with Gasteiger partial charge in [-0.15, -0.1) is 0 Å². The number of amides is 4. The number of carbonyl (C=O) groups is 4. The van der Waals surface area contributed by atoms with Crippen molar-refractivity contribution in [2.75, 3.05) is 18.5 Å². The Morgan fingerprint density at radius 2 is 1.78 bits per heavy atom. The van der Waals surface area contributed by atoms with Gasteiger partial charge in [-0.05, 0) is 62.5 Å². The Balaban J connectivity index is 1.58. The van der Waals surface area contributed by atoms with Crippen molar-refractivity contribution in [3.63, 3.8) is 0 Å². The summed E-state index contributed by atoms with van der Waals surface area (Å²) < 4.78 is 5.05. The van der Waals surface area contributed by atoms with Crippen LogP contribution in [0.4, 0.5) is 10.5 Å². The van der Waals surface area contributed by atoms with Crippen LogP contribution in [0.25, 0.3) is 0 Å². The van der Waals surface area contributed by atoms with E-state index in [9.17, 15) is 19.2 Å². The van der Waals surface area contributed by atoms with Crippen molar-refractivity contribution in [1.82, 2.24) is 10.2 Å². The van der Waals surface area contributed by atoms with E-state index >= 15 is 0 Å². The first-order valence-electron chi connectivity index (χ1n) is 11.0. The average molecular weight is 444 g/mol. The van der Waals surface area contributed by atoms with E-state index in [1.807, 2.05) is 32.9 Å². The van der Waals surface area contributed by atoms with Crippen molar-refractivity contribution in [3.05, 3.63) is 28.8 Å². The second-order valence-corrected chi connectivity index (χ2v) is 10.2. The summed E-state index contributed by atoms with van der Waals surface area (Å²) in [6.07, 6.45) is 2.04. The Morgan fingerprint density at radius 1 is 1.16 bits per heavy atom. The molecular weight excluding hydrogens is 410 g/mol. The number of nitrogens with zero attached hydrogens (tertiary/aromatic N) is 1. The van der Waals surface area contributed by atoms with Gasteiger partial charge in [0.05, 0.1) is 0 Å². The zero-order valence-corrected chi connectivity index (χ0v) is 19.8. The molecule has 1 heterocycles. The largest absolute Gasteiger partial charge is 0.454 e. The van der Waals surface area contributed by atoms with Crippen LogP contribution < -0.4 is 10.6 Å². The number of nitrogens with one attached hydrogen (secondary N) is 2. The maximum Gasteiger partial charge on any atom is 0.326 e. The molecule has 2 atom stereocenters. The molecule has 0 bridgehead atoms. The predicted octanol–water partition coefficient (Wildman–Crippen LogP) is 3.23. The summed E-state index contributed by atoms with van der Waals surface area (Å²) in [4.78, 5) is 51.1. The molecule has 2 fully saturated rings. The molecule has 1 aromatic carbocycles. The van der Waals surface area contributed by atoms with Crippen molar-refractivity contribution in [1.29, 1.82) is 0 Å². The quantitative estimate of drug-likeness (QED) is 0.537. The minimum absolute atomic E-state index is 0.0958. The first kappa shape index (κ1) is 23.8. The van der Waals surface area contributed by atoms with E-state index in [1.165, 1.54) is 0 Å². The number of hydrogen-bond donors (Lipinski definition) is 2. The summed E-state index contributed by atoms with van der Waals surface area (Å²) in [6.45, 7) is 11.0. The zero-order chi connectivity index (χ0) is 23.8. The van der Waals surface area contributed by atoms with E-state index in [4.69, 9.17) is 4.74 Å². The average Bonchev–Trinajstić information content (AvgIpc) is 2.84. The standard InChI is InChI=1S/C24H33N3O5/c1-14-7-16(3)20(17(4)8-14)25-18(28)12-32-19(29)11-27-21(30)24(26-22(27)31)10-15(2)9-23(5,6)13-24/h7-8,15H,9-13H2,1-6H3,(H,25,28)(H,26,31)/t15-,24+/m1/s1. The molecule has 1 aliphatic heterocycles. The molecular formula is C24H33N3O5. The van der Waals surface area contributed by atoms with Crippen molar-refractivity contribution < 1.29 is 23.9 Å². The molecule has 2 N–H and O–H groups in total. The summed E-state index contributed by atoms with van der Waals surface area (Å²) >= 11 is 0. The molecule has 1 aromatic rings. The van der Waals surface area contributed by atoms with E-state index in [0.717, 1.165) is 28.0 Å². The number of esters is 1. The Bertz CT molecular complexity index is 947. The highest BCUT2D eigenvalue weighted by atomic mass is 16.5. The number of urea groups is 1. The van der Waals surface area contributed by atoms with Gasteiger partial charge in [-0.1, -0.05) is 38.5 Å². The molecule has 0 radical (unpaired) electrons. The van der Waals surface area contributed by atoms with E-state index in [-0.39, 0.29) is 11.3 Å². The van der Waals surface area contributed by atoms with E-state index in [2.05, 4.69) is 31.4 Å². The molecule has 0 aromatic heterocycles. The number of rotatable bonds is 5. The fourth-order valence-corrected chi connectivity index (χ4v) is 5.52. The van der Waals surface area contributed by atoms with E-state index in [1.54, 1.807) is 0 Å². The lowest BCUT2D eigenvalue weighted by atomic mass is 9.64. The SMILES string of the molecule is Cc1cc(C)c(NC(=O)COC(=O)CN2C(=O)N[C@]3(C[C@H](C)CC(C)(C)C3)C2=O)c(C)c1. The first-order valence-corrected chi connectivity index (χ1v) is 11.0. The van der Waals surface area contributed by atoms with Crippen LogP contribution in [-0.4, -0.2) is 47.4 Å². The Kier molecular flexibility index (Phi) is 6.36. The summed E-state index contributed by atoms with van der Waals surface area (Å²) in [6, 6.07) is 3.32. The predicted molar refractivity (Wildman–Crippen MR) is 120 cm³/mol. The van der Waals surface area contributed by atoms with Gasteiger partial charge in [-0.25, -0.2) is 4.79 Å². The van der Waals surface area contributed by atoms with Crippen molar-refractivity contribution in [2.24, 2.45) is 11.3 Å². The van der Waals surface area contributed by atoms with Crippen LogP contribution in [0.15, 0.2) is 12.1 Å². The molecule has 8 heteroatoms. The number of hydrogen-bond acceptors (Lipinski definition) is 5. The van der Waals surface area contributed by atoms with Gasteiger partial charge in [0.25, 0.3) is 11.8 Å². The number of anilines is 1. The molecule has 8 nitrogen and oxygen atoms in total. The lowest BCUT2D eigenvalue weighted by Crippen LogP contribution is -2.54. The summed E-state index contributed by atoms with van der Waals surface area (Å²) in [5.74, 6) is -1.41. The maximum absolute atomic E-state index is 13.1. The minimum atomic E-state index is -0.976. The second kappa shape index (κ2) is 8.56. The number of benzene rings is 1. The van der Waals surface area contributed by atoms with Gasteiger partial charge in [-0.3, -0.25) is 19.3 Å². The summed E-state index contributed by atoms with van der Waals surface area (Å²) in [5.41, 5.74) is 2.53. The molecule has 1 saturated carbocycles. The van der Waals surface area contributed by atoms with Crippen LogP contribution in [0, 0.1) is 32.1 Å². The molecule has 2 aliphatic rings. The molecule has 3 rings (SSSR count). The first-order chi connectivity index (χ1) is 14.8. The molecule has 32 heavy (non-hydrogen) atoms. The van der Waals surface area contributed by atoms with Gasteiger partial charge in [0.15, 0.2) is 6.61 Å². The van der Waals surface area contributed by atoms with Gasteiger partial charge in [0.2, 0.25) is 0 Å². The van der Waals surface area contributed by atoms with Crippen LogP contribution in [-0.2, 0) is 19.1 Å². The molecule has 174 valence electrons. The topological polar surface area (TPSA) is 105 Å². The summed E-state index contributed by atoms with van der Waals surface area (Å²) in [5, 5.41) is 5.58. The van der Waals surface area contributed by atoms with Gasteiger partial charge < -0.3 is 15.4 Å². The van der Waals surface area contributed by atoms with Crippen LogP contribution in [0.2, 0.25) is 0 Å². The van der Waals surface area contributed by atoms with Gasteiger partial charge in [-0.2, -0.15) is 0 Å². The second-order valence-electron chi connectivity index (χ2n) is 10.2. The summed E-state index contributed by atoms with van der Waals surface area (Å²) in [7, 11) is 0. The molecule has 0 unspecified atom stereocenters. The molecule has 4 amide bonds. The lowest BCUT2D eigenvalue weighted by Gasteiger charge is -2.43. The highest BCUT2D eigenvalue weighted by Gasteiger charge is 2.56. The Labute approximate surface area is 189 Å². The smallest absolute Gasteiger partial charge is 0.326 e. The highest BCUT2D eigenvalue weighted by Crippen LogP contribution is 2.46. The van der Waals surface area contributed by atoms with Crippen LogP contribution >= 0.6 is 0 Å². The third-order valence-electron chi connectivity index (χ3n) is 6.22. The zero-order valence-electron chi connectivity index (χ0n) is 19.8. The number of ether oxygens (including phenoxy) is 1. The fourth-order valence-electron chi connectivity index (χ4n) is 5.52. The monoisotopic (exact) mass is 443 g/mol. The van der Waals surface area contributed by atoms with Gasteiger partial charge in [0, 0.05) is 5.69 Å². The minimum Gasteiger partial charge on any atom is -0.454 e. The number of imide groups is 1. The van der Waals surface area contributed by atoms with Gasteiger partial charge in [0.1, 0.15) is 12.1 Å². The van der Waals surface area contributed by atoms with Crippen molar-refractivity contribution in [2.45, 2.75) is 66.3 Å². The molecule has 1 spiro atoms. The van der Waals surface area contributed by atoms with Crippen LogP contribution in [0.3, 0.4) is 0 Å². The number of carbonyl (C=O) groups excluding carboxylic acids is 4. The third kappa shape index (κ3) is 4.95. The fraction of sp³-hybridized carbons (Fsp3) is 0.583. The van der Waals surface area contributed by atoms with Crippen molar-refractivity contribution in [3.8, 4) is 0 Å². The maximum atomic E-state index is 13.1.